The first-order valence-corrected chi connectivity index (χ1v) is 4.64. The van der Waals surface area contributed by atoms with Crippen LogP contribution in [0.4, 0.5) is 0 Å². The van der Waals surface area contributed by atoms with Gasteiger partial charge in [-0.05, 0) is 12.8 Å². The molecule has 2 nitrogen and oxygen atoms in total. The van der Waals surface area contributed by atoms with Crippen LogP contribution in [-0.2, 0) is 4.74 Å². The molecule has 1 heterocycles. The molecule has 2 aliphatic rings. The number of hydrogen-bond donors (Lipinski definition) is 1. The van der Waals surface area contributed by atoms with Crippen molar-refractivity contribution in [3.63, 3.8) is 0 Å². The van der Waals surface area contributed by atoms with Gasteiger partial charge in [0.25, 0.3) is 0 Å². The third-order valence-corrected chi connectivity index (χ3v) is 2.63. The van der Waals surface area contributed by atoms with E-state index in [4.69, 9.17) is 4.74 Å². The molecule has 2 rings (SSSR count). The van der Waals surface area contributed by atoms with Gasteiger partial charge in [-0.3, -0.25) is 0 Å². The van der Waals surface area contributed by atoms with Crippen molar-refractivity contribution < 1.29 is 4.74 Å². The molecule has 1 radical (unpaired) electrons. The van der Waals surface area contributed by atoms with Crippen LogP contribution in [0.5, 0.6) is 0 Å². The molecular weight excluding hydrogens is 138 g/mol. The van der Waals surface area contributed by atoms with Crippen molar-refractivity contribution in [3.8, 4) is 0 Å². The monoisotopic (exact) mass is 154 g/mol. The first kappa shape index (κ1) is 7.56. The van der Waals surface area contributed by atoms with Crippen LogP contribution in [0.15, 0.2) is 0 Å². The van der Waals surface area contributed by atoms with Crippen LogP contribution in [-0.4, -0.2) is 25.8 Å². The number of ether oxygens (including phenoxy) is 1. The first-order chi connectivity index (χ1) is 5.47. The molecule has 1 unspecified atom stereocenters. The Morgan fingerprint density at radius 2 is 2.09 bits per heavy atom. The van der Waals surface area contributed by atoms with E-state index in [9.17, 15) is 0 Å². The van der Waals surface area contributed by atoms with E-state index in [1.807, 2.05) is 0 Å². The summed E-state index contributed by atoms with van der Waals surface area (Å²) in [5.74, 6) is 1.65. The molecule has 1 saturated heterocycles. The molecule has 0 amide bonds. The largest absolute Gasteiger partial charge is 0.375 e. The van der Waals surface area contributed by atoms with Gasteiger partial charge in [0, 0.05) is 19.0 Å². The summed E-state index contributed by atoms with van der Waals surface area (Å²) in [5.41, 5.74) is 0. The van der Waals surface area contributed by atoms with Gasteiger partial charge in [-0.25, -0.2) is 0 Å². The standard InChI is InChI=1S/C9H16NO/c1-2-4-8(3-1)9-7-10-5-6-11-9/h9-10H,1-7H2. The van der Waals surface area contributed by atoms with Crippen molar-refractivity contribution in [3.05, 3.63) is 5.92 Å². The summed E-state index contributed by atoms with van der Waals surface area (Å²) in [6, 6.07) is 0. The van der Waals surface area contributed by atoms with Gasteiger partial charge in [-0.15, -0.1) is 0 Å². The average Bonchev–Trinajstić information content (AvgIpc) is 2.58. The van der Waals surface area contributed by atoms with E-state index < -0.39 is 0 Å². The summed E-state index contributed by atoms with van der Waals surface area (Å²) < 4.78 is 5.66. The number of rotatable bonds is 1. The lowest BCUT2D eigenvalue weighted by atomic mass is 10.0. The molecule has 1 N–H and O–H groups in total. The van der Waals surface area contributed by atoms with Gasteiger partial charge in [0.2, 0.25) is 0 Å². The molecule has 1 saturated carbocycles. The fourth-order valence-electron chi connectivity index (χ4n) is 1.98. The maximum atomic E-state index is 5.66. The molecule has 1 atom stereocenters. The molecule has 0 aromatic carbocycles. The molecule has 0 bridgehead atoms. The fourth-order valence-corrected chi connectivity index (χ4v) is 1.98. The van der Waals surface area contributed by atoms with Crippen LogP contribution >= 0.6 is 0 Å². The third-order valence-electron chi connectivity index (χ3n) is 2.63. The minimum Gasteiger partial charge on any atom is -0.375 e. The lowest BCUT2D eigenvalue weighted by Gasteiger charge is -2.27. The van der Waals surface area contributed by atoms with Crippen molar-refractivity contribution in [1.29, 1.82) is 0 Å². The molecule has 1 aliphatic carbocycles. The second kappa shape index (κ2) is 3.55. The minimum atomic E-state index is 0.450. The maximum Gasteiger partial charge on any atom is 0.0762 e. The average molecular weight is 154 g/mol. The summed E-state index contributed by atoms with van der Waals surface area (Å²) in [6.45, 7) is 2.98. The van der Waals surface area contributed by atoms with Crippen molar-refractivity contribution in [1.82, 2.24) is 5.32 Å². The molecular formula is C9H16NO. The van der Waals surface area contributed by atoms with Crippen LogP contribution in [0.1, 0.15) is 25.7 Å². The molecule has 2 fully saturated rings. The summed E-state index contributed by atoms with van der Waals surface area (Å²) >= 11 is 0. The van der Waals surface area contributed by atoms with E-state index in [1.165, 1.54) is 25.7 Å². The zero-order valence-electron chi connectivity index (χ0n) is 6.94. The van der Waals surface area contributed by atoms with Gasteiger partial charge < -0.3 is 10.1 Å². The van der Waals surface area contributed by atoms with Gasteiger partial charge in [-0.2, -0.15) is 0 Å². The van der Waals surface area contributed by atoms with Crippen molar-refractivity contribution in [2.75, 3.05) is 19.7 Å². The molecule has 0 aromatic heterocycles. The Bertz CT molecular complexity index is 115. The number of nitrogens with one attached hydrogen (secondary N) is 1. The maximum absolute atomic E-state index is 5.66. The topological polar surface area (TPSA) is 21.3 Å². The highest BCUT2D eigenvalue weighted by molar-refractivity contribution is 5.03. The molecule has 0 aromatic rings. The number of hydrogen-bond acceptors (Lipinski definition) is 2. The van der Waals surface area contributed by atoms with Gasteiger partial charge in [0.15, 0.2) is 0 Å². The van der Waals surface area contributed by atoms with Crippen LogP contribution < -0.4 is 5.32 Å². The number of morpholine rings is 1. The zero-order valence-corrected chi connectivity index (χ0v) is 6.94. The Morgan fingerprint density at radius 3 is 2.73 bits per heavy atom. The van der Waals surface area contributed by atoms with Crippen molar-refractivity contribution in [2.24, 2.45) is 0 Å². The third kappa shape index (κ3) is 1.74. The van der Waals surface area contributed by atoms with Crippen molar-refractivity contribution >= 4 is 0 Å². The van der Waals surface area contributed by atoms with Gasteiger partial charge in [0.05, 0.1) is 12.7 Å². The highest BCUT2D eigenvalue weighted by atomic mass is 16.5. The van der Waals surface area contributed by atoms with Gasteiger partial charge >= 0.3 is 0 Å². The molecule has 11 heavy (non-hydrogen) atoms. The van der Waals surface area contributed by atoms with Crippen LogP contribution in [0, 0.1) is 5.92 Å². The SMILES string of the molecule is C1CC[C](C2CNCCO2)C1. The normalized spacial score (nSPS) is 34.4. The smallest absolute Gasteiger partial charge is 0.0762 e. The van der Waals surface area contributed by atoms with Gasteiger partial charge in [0.1, 0.15) is 0 Å². The predicted molar refractivity (Wildman–Crippen MR) is 44.3 cm³/mol. The van der Waals surface area contributed by atoms with Crippen LogP contribution in [0.3, 0.4) is 0 Å². The second-order valence-electron chi connectivity index (χ2n) is 3.43. The fraction of sp³-hybridized carbons (Fsp3) is 0.889. The van der Waals surface area contributed by atoms with Crippen LogP contribution in [0.25, 0.3) is 0 Å². The van der Waals surface area contributed by atoms with E-state index in [2.05, 4.69) is 5.32 Å². The zero-order chi connectivity index (χ0) is 7.52. The predicted octanol–water partition coefficient (Wildman–Crippen LogP) is 1.12. The Hall–Kier alpha value is -0.0800. The van der Waals surface area contributed by atoms with E-state index in [-0.39, 0.29) is 0 Å². The Kier molecular flexibility index (Phi) is 2.44. The molecule has 1 aliphatic heterocycles. The Balaban J connectivity index is 1.82. The van der Waals surface area contributed by atoms with E-state index in [0.717, 1.165) is 19.7 Å². The Morgan fingerprint density at radius 1 is 1.27 bits per heavy atom. The quantitative estimate of drug-likeness (QED) is 0.611. The first-order valence-electron chi connectivity index (χ1n) is 4.64. The van der Waals surface area contributed by atoms with E-state index >= 15 is 0 Å². The summed E-state index contributed by atoms with van der Waals surface area (Å²) in [5, 5.41) is 3.37. The molecule has 63 valence electrons. The van der Waals surface area contributed by atoms with Crippen molar-refractivity contribution in [2.45, 2.75) is 31.8 Å². The summed E-state index contributed by atoms with van der Waals surface area (Å²) in [4.78, 5) is 0. The lowest BCUT2D eigenvalue weighted by molar-refractivity contribution is 0.0354. The minimum absolute atomic E-state index is 0.450. The molecule has 0 spiro atoms. The van der Waals surface area contributed by atoms with Gasteiger partial charge in [-0.1, -0.05) is 12.8 Å². The highest BCUT2D eigenvalue weighted by Gasteiger charge is 2.27. The van der Waals surface area contributed by atoms with E-state index in [1.54, 1.807) is 5.92 Å². The second-order valence-corrected chi connectivity index (χ2v) is 3.43. The van der Waals surface area contributed by atoms with E-state index in [0.29, 0.717) is 6.10 Å². The summed E-state index contributed by atoms with van der Waals surface area (Å²) in [6.07, 6.45) is 5.84. The van der Waals surface area contributed by atoms with Crippen LogP contribution in [0.2, 0.25) is 0 Å². The lowest BCUT2D eigenvalue weighted by Crippen LogP contribution is -2.41. The highest BCUT2D eigenvalue weighted by Crippen LogP contribution is 2.31. The molecule has 2 heteroatoms. The Labute approximate surface area is 68.3 Å². The summed E-state index contributed by atoms with van der Waals surface area (Å²) in [7, 11) is 0.